The standard InChI is InChI=1S/C11H23NO2S/c1-8(2)12-7-9(6-10(13)14)15-11(3,4)5/h8-9,12H,6-7H2,1-5H3,(H,13,14). The lowest BCUT2D eigenvalue weighted by Gasteiger charge is -2.25. The Balaban J connectivity index is 4.12. The number of carboxylic acid groups (broad SMARTS) is 1. The van der Waals surface area contributed by atoms with Crippen LogP contribution in [0.1, 0.15) is 41.0 Å². The summed E-state index contributed by atoms with van der Waals surface area (Å²) < 4.78 is 0.110. The van der Waals surface area contributed by atoms with Crippen LogP contribution in [0.25, 0.3) is 0 Å². The van der Waals surface area contributed by atoms with Crippen LogP contribution in [-0.4, -0.2) is 33.7 Å². The molecular weight excluding hydrogens is 210 g/mol. The molecule has 0 rings (SSSR count). The third kappa shape index (κ3) is 10.1. The highest BCUT2D eigenvalue weighted by molar-refractivity contribution is 8.01. The monoisotopic (exact) mass is 233 g/mol. The molecule has 0 saturated heterocycles. The molecule has 0 aliphatic carbocycles. The molecule has 1 unspecified atom stereocenters. The molecule has 0 aromatic carbocycles. The summed E-state index contributed by atoms with van der Waals surface area (Å²) in [6, 6.07) is 0.405. The number of rotatable bonds is 6. The van der Waals surface area contributed by atoms with E-state index in [1.54, 1.807) is 11.8 Å². The molecule has 0 heterocycles. The van der Waals surface area contributed by atoms with Crippen molar-refractivity contribution in [3.8, 4) is 0 Å². The summed E-state index contributed by atoms with van der Waals surface area (Å²) in [5.41, 5.74) is 0. The highest BCUT2D eigenvalue weighted by Crippen LogP contribution is 2.29. The molecule has 3 nitrogen and oxygen atoms in total. The Morgan fingerprint density at radius 1 is 1.40 bits per heavy atom. The lowest BCUT2D eigenvalue weighted by atomic mass is 10.2. The predicted octanol–water partition coefficient (Wildman–Crippen LogP) is 2.36. The third-order valence-electron chi connectivity index (χ3n) is 1.68. The van der Waals surface area contributed by atoms with Crippen LogP contribution in [0.3, 0.4) is 0 Å². The normalized spacial score (nSPS) is 14.3. The molecule has 0 radical (unpaired) electrons. The van der Waals surface area contributed by atoms with E-state index < -0.39 is 5.97 Å². The third-order valence-corrected chi connectivity index (χ3v) is 3.05. The van der Waals surface area contributed by atoms with Crippen LogP contribution >= 0.6 is 11.8 Å². The maximum atomic E-state index is 10.7. The quantitative estimate of drug-likeness (QED) is 0.739. The van der Waals surface area contributed by atoms with Crippen LogP contribution in [0.2, 0.25) is 0 Å². The zero-order chi connectivity index (χ0) is 12.1. The zero-order valence-electron chi connectivity index (χ0n) is 10.3. The van der Waals surface area contributed by atoms with Crippen molar-refractivity contribution in [3.63, 3.8) is 0 Å². The Hall–Kier alpha value is -0.220. The molecular formula is C11H23NO2S. The molecule has 0 saturated carbocycles. The van der Waals surface area contributed by atoms with E-state index in [4.69, 9.17) is 5.11 Å². The van der Waals surface area contributed by atoms with Crippen molar-refractivity contribution in [2.45, 2.75) is 57.1 Å². The number of thioether (sulfide) groups is 1. The van der Waals surface area contributed by atoms with E-state index in [9.17, 15) is 4.79 Å². The zero-order valence-corrected chi connectivity index (χ0v) is 11.1. The van der Waals surface area contributed by atoms with Crippen LogP contribution < -0.4 is 5.32 Å². The molecule has 0 amide bonds. The number of hydrogen-bond donors (Lipinski definition) is 2. The topological polar surface area (TPSA) is 49.3 Å². The van der Waals surface area contributed by atoms with Crippen LogP contribution in [0, 0.1) is 0 Å². The minimum Gasteiger partial charge on any atom is -0.481 e. The minimum atomic E-state index is -0.720. The summed E-state index contributed by atoms with van der Waals surface area (Å²) in [4.78, 5) is 10.7. The fraction of sp³-hybridized carbons (Fsp3) is 0.909. The first-order valence-corrected chi connectivity index (χ1v) is 6.21. The van der Waals surface area contributed by atoms with Gasteiger partial charge >= 0.3 is 5.97 Å². The Morgan fingerprint density at radius 2 is 1.93 bits per heavy atom. The van der Waals surface area contributed by atoms with Gasteiger partial charge in [-0.15, -0.1) is 0 Å². The van der Waals surface area contributed by atoms with E-state index in [2.05, 4.69) is 39.9 Å². The van der Waals surface area contributed by atoms with Gasteiger partial charge in [0, 0.05) is 22.6 Å². The lowest BCUT2D eigenvalue weighted by molar-refractivity contribution is -0.136. The van der Waals surface area contributed by atoms with Gasteiger partial charge in [0.2, 0.25) is 0 Å². The fourth-order valence-corrected chi connectivity index (χ4v) is 2.62. The summed E-state index contributed by atoms with van der Waals surface area (Å²) >= 11 is 1.73. The summed E-state index contributed by atoms with van der Waals surface area (Å²) in [5, 5.41) is 12.2. The molecule has 0 bridgehead atoms. The molecule has 90 valence electrons. The largest absolute Gasteiger partial charge is 0.481 e. The van der Waals surface area contributed by atoms with E-state index >= 15 is 0 Å². The number of carboxylic acids is 1. The Kier molecular flexibility index (Phi) is 6.29. The molecule has 1 atom stereocenters. The van der Waals surface area contributed by atoms with Gasteiger partial charge in [-0.25, -0.2) is 0 Å². The van der Waals surface area contributed by atoms with Gasteiger partial charge in [-0.3, -0.25) is 4.79 Å². The molecule has 4 heteroatoms. The first-order valence-electron chi connectivity index (χ1n) is 5.33. The summed E-state index contributed by atoms with van der Waals surface area (Å²) in [7, 11) is 0. The Morgan fingerprint density at radius 3 is 2.27 bits per heavy atom. The highest BCUT2D eigenvalue weighted by atomic mass is 32.2. The van der Waals surface area contributed by atoms with Crippen molar-refractivity contribution in [2.75, 3.05) is 6.54 Å². The minimum absolute atomic E-state index is 0.110. The molecule has 15 heavy (non-hydrogen) atoms. The first kappa shape index (κ1) is 14.8. The molecule has 0 aromatic heterocycles. The van der Waals surface area contributed by atoms with Crippen LogP contribution in [0.5, 0.6) is 0 Å². The average Bonchev–Trinajstić information content (AvgIpc) is 1.95. The second kappa shape index (κ2) is 6.38. The molecule has 0 aromatic rings. The molecule has 0 fully saturated rings. The first-order chi connectivity index (χ1) is 6.70. The Labute approximate surface area is 97.0 Å². The van der Waals surface area contributed by atoms with Gasteiger partial charge in [-0.1, -0.05) is 34.6 Å². The molecule has 2 N–H and O–H groups in total. The molecule has 0 aliphatic rings. The summed E-state index contributed by atoms with van der Waals surface area (Å²) in [5.74, 6) is -0.720. The van der Waals surface area contributed by atoms with Crippen molar-refractivity contribution in [1.82, 2.24) is 5.32 Å². The summed E-state index contributed by atoms with van der Waals surface area (Å²) in [6.45, 7) is 11.2. The van der Waals surface area contributed by atoms with Crippen molar-refractivity contribution in [2.24, 2.45) is 0 Å². The smallest absolute Gasteiger partial charge is 0.304 e. The predicted molar refractivity (Wildman–Crippen MR) is 66.5 cm³/mol. The maximum absolute atomic E-state index is 10.7. The van der Waals surface area contributed by atoms with Crippen LogP contribution in [-0.2, 0) is 4.79 Å². The van der Waals surface area contributed by atoms with Gasteiger partial charge < -0.3 is 10.4 Å². The second-order valence-electron chi connectivity index (χ2n) is 5.01. The van der Waals surface area contributed by atoms with E-state index in [1.807, 2.05) is 0 Å². The van der Waals surface area contributed by atoms with Gasteiger partial charge in [0.1, 0.15) is 0 Å². The van der Waals surface area contributed by atoms with E-state index in [1.165, 1.54) is 0 Å². The number of aliphatic carboxylic acids is 1. The highest BCUT2D eigenvalue weighted by Gasteiger charge is 2.21. The van der Waals surface area contributed by atoms with E-state index in [0.717, 1.165) is 6.54 Å². The average molecular weight is 233 g/mol. The van der Waals surface area contributed by atoms with Gasteiger partial charge in [-0.05, 0) is 0 Å². The van der Waals surface area contributed by atoms with Gasteiger partial charge in [0.25, 0.3) is 0 Å². The fourth-order valence-electron chi connectivity index (χ4n) is 1.22. The van der Waals surface area contributed by atoms with E-state index in [-0.39, 0.29) is 16.4 Å². The number of carbonyl (C=O) groups is 1. The van der Waals surface area contributed by atoms with Gasteiger partial charge in [-0.2, -0.15) is 11.8 Å². The SMILES string of the molecule is CC(C)NCC(CC(=O)O)SC(C)(C)C. The van der Waals surface area contributed by atoms with Crippen LogP contribution in [0.15, 0.2) is 0 Å². The van der Waals surface area contributed by atoms with Crippen molar-refractivity contribution >= 4 is 17.7 Å². The van der Waals surface area contributed by atoms with Crippen molar-refractivity contribution in [1.29, 1.82) is 0 Å². The summed E-state index contributed by atoms with van der Waals surface area (Å²) in [6.07, 6.45) is 0.224. The Bertz CT molecular complexity index is 199. The lowest BCUT2D eigenvalue weighted by Crippen LogP contribution is -2.33. The van der Waals surface area contributed by atoms with Gasteiger partial charge in [0.15, 0.2) is 0 Å². The van der Waals surface area contributed by atoms with Crippen molar-refractivity contribution < 1.29 is 9.90 Å². The molecule has 0 spiro atoms. The molecule has 0 aliphatic heterocycles. The van der Waals surface area contributed by atoms with E-state index in [0.29, 0.717) is 6.04 Å². The number of nitrogens with one attached hydrogen (secondary N) is 1. The second-order valence-corrected chi connectivity index (χ2v) is 7.14. The van der Waals surface area contributed by atoms with Gasteiger partial charge in [0.05, 0.1) is 6.42 Å². The maximum Gasteiger partial charge on any atom is 0.304 e. The van der Waals surface area contributed by atoms with Crippen molar-refractivity contribution in [3.05, 3.63) is 0 Å². The number of hydrogen-bond acceptors (Lipinski definition) is 3. The van der Waals surface area contributed by atoms with Crippen LogP contribution in [0.4, 0.5) is 0 Å².